The van der Waals surface area contributed by atoms with Crippen LogP contribution in [0.15, 0.2) is 36.7 Å². The molecule has 0 aliphatic rings. The number of hydrogen-bond donors (Lipinski definition) is 2. The second-order valence-electron chi connectivity index (χ2n) is 3.94. The lowest BCUT2D eigenvalue weighted by Gasteiger charge is -1.92. The second-order valence-corrected chi connectivity index (χ2v) is 3.94. The first-order chi connectivity index (χ1) is 8.93. The quantitative estimate of drug-likeness (QED) is 0.528. The van der Waals surface area contributed by atoms with Crippen LogP contribution in [-0.2, 0) is 0 Å². The largest absolute Gasteiger partial charge is 0.275 e. The van der Waals surface area contributed by atoms with Crippen molar-refractivity contribution in [3.05, 3.63) is 36.7 Å². The average molecular weight is 236 g/mol. The van der Waals surface area contributed by atoms with Crippen LogP contribution in [0, 0.1) is 0 Å². The number of rotatable bonds is 1. The van der Waals surface area contributed by atoms with Crippen LogP contribution in [0.1, 0.15) is 0 Å². The van der Waals surface area contributed by atoms with Crippen molar-refractivity contribution in [1.82, 2.24) is 30.4 Å². The van der Waals surface area contributed by atoms with Gasteiger partial charge in [0.05, 0.1) is 11.0 Å². The Kier molecular flexibility index (Phi) is 1.74. The first-order valence-electron chi connectivity index (χ1n) is 5.52. The molecule has 0 spiro atoms. The minimum atomic E-state index is 0.718. The summed E-state index contributed by atoms with van der Waals surface area (Å²) < 4.78 is 0. The van der Waals surface area contributed by atoms with E-state index in [0.717, 1.165) is 33.5 Å². The molecule has 4 rings (SSSR count). The Morgan fingerprint density at radius 3 is 1.72 bits per heavy atom. The molecule has 0 radical (unpaired) electrons. The second kappa shape index (κ2) is 3.36. The molecule has 86 valence electrons. The van der Waals surface area contributed by atoms with Crippen LogP contribution in [0.4, 0.5) is 0 Å². The molecule has 0 aliphatic carbocycles. The molecule has 0 saturated heterocycles. The van der Waals surface area contributed by atoms with Crippen LogP contribution in [0.25, 0.3) is 33.5 Å². The molecule has 0 fully saturated rings. The van der Waals surface area contributed by atoms with Gasteiger partial charge in [0.1, 0.15) is 22.4 Å². The molecule has 0 saturated carbocycles. The molecule has 2 N–H and O–H groups in total. The fourth-order valence-electron chi connectivity index (χ4n) is 2.04. The zero-order valence-electron chi connectivity index (χ0n) is 9.25. The molecule has 0 aliphatic heterocycles. The maximum Gasteiger partial charge on any atom is 0.141 e. The van der Waals surface area contributed by atoms with Crippen LogP contribution in [0.5, 0.6) is 0 Å². The lowest BCUT2D eigenvalue weighted by Crippen LogP contribution is -1.83. The number of pyridine rings is 2. The Labute approximate surface area is 101 Å². The van der Waals surface area contributed by atoms with Gasteiger partial charge in [0.2, 0.25) is 0 Å². The highest BCUT2D eigenvalue weighted by Gasteiger charge is 2.15. The third-order valence-corrected chi connectivity index (χ3v) is 2.86. The minimum absolute atomic E-state index is 0.718. The summed E-state index contributed by atoms with van der Waals surface area (Å²) in [6, 6.07) is 7.60. The third kappa shape index (κ3) is 1.17. The average Bonchev–Trinajstić information content (AvgIpc) is 3.01. The molecular weight excluding hydrogens is 228 g/mol. The summed E-state index contributed by atoms with van der Waals surface area (Å²) in [5.41, 5.74) is 4.82. The van der Waals surface area contributed by atoms with Crippen LogP contribution in [-0.4, -0.2) is 30.4 Å². The predicted molar refractivity (Wildman–Crippen MR) is 66.8 cm³/mol. The highest BCUT2D eigenvalue weighted by molar-refractivity contribution is 5.97. The summed E-state index contributed by atoms with van der Waals surface area (Å²) in [4.78, 5) is 8.66. The van der Waals surface area contributed by atoms with Gasteiger partial charge >= 0.3 is 0 Å². The van der Waals surface area contributed by atoms with Crippen molar-refractivity contribution >= 4 is 22.1 Å². The number of aromatic nitrogens is 6. The molecule has 0 atom stereocenters. The molecule has 0 unspecified atom stereocenters. The topological polar surface area (TPSA) is 83.1 Å². The molecule has 6 nitrogen and oxygen atoms in total. The predicted octanol–water partition coefficient (Wildman–Crippen LogP) is 1.90. The van der Waals surface area contributed by atoms with Gasteiger partial charge in [-0.25, -0.2) is 0 Å². The van der Waals surface area contributed by atoms with Gasteiger partial charge < -0.3 is 0 Å². The van der Waals surface area contributed by atoms with Crippen molar-refractivity contribution in [3.63, 3.8) is 0 Å². The van der Waals surface area contributed by atoms with Gasteiger partial charge in [0.15, 0.2) is 0 Å². The van der Waals surface area contributed by atoms with Gasteiger partial charge in [0, 0.05) is 12.4 Å². The van der Waals surface area contributed by atoms with E-state index in [4.69, 9.17) is 0 Å². The van der Waals surface area contributed by atoms with E-state index in [-0.39, 0.29) is 0 Å². The van der Waals surface area contributed by atoms with Crippen molar-refractivity contribution < 1.29 is 0 Å². The van der Waals surface area contributed by atoms with Crippen LogP contribution >= 0.6 is 0 Å². The minimum Gasteiger partial charge on any atom is -0.275 e. The van der Waals surface area contributed by atoms with E-state index in [2.05, 4.69) is 30.4 Å². The fraction of sp³-hybridized carbons (Fsp3) is 0. The summed E-state index contributed by atoms with van der Waals surface area (Å²) in [5.74, 6) is 0. The summed E-state index contributed by atoms with van der Waals surface area (Å²) in [7, 11) is 0. The Balaban J connectivity index is 2.08. The maximum absolute atomic E-state index is 4.33. The number of fused-ring (bicyclic) bond motifs is 2. The van der Waals surface area contributed by atoms with E-state index < -0.39 is 0 Å². The SMILES string of the molecule is c1cnc2c(-c3n[nH]c4cccnc34)n[nH]c2c1. The highest BCUT2D eigenvalue weighted by atomic mass is 15.2. The van der Waals surface area contributed by atoms with E-state index in [1.54, 1.807) is 12.4 Å². The van der Waals surface area contributed by atoms with Crippen LogP contribution in [0.3, 0.4) is 0 Å². The Hall–Kier alpha value is -2.76. The highest BCUT2D eigenvalue weighted by Crippen LogP contribution is 2.27. The van der Waals surface area contributed by atoms with Crippen molar-refractivity contribution in [2.75, 3.05) is 0 Å². The first-order valence-corrected chi connectivity index (χ1v) is 5.52. The van der Waals surface area contributed by atoms with Crippen LogP contribution < -0.4 is 0 Å². The van der Waals surface area contributed by atoms with Crippen molar-refractivity contribution in [2.24, 2.45) is 0 Å². The van der Waals surface area contributed by atoms with Crippen molar-refractivity contribution in [1.29, 1.82) is 0 Å². The molecule has 6 heteroatoms. The van der Waals surface area contributed by atoms with Gasteiger partial charge in [-0.15, -0.1) is 0 Å². The molecule has 0 aromatic carbocycles. The number of H-pyrrole nitrogens is 2. The lowest BCUT2D eigenvalue weighted by atomic mass is 10.2. The smallest absolute Gasteiger partial charge is 0.141 e. The van der Waals surface area contributed by atoms with E-state index in [1.165, 1.54) is 0 Å². The molecule has 0 bridgehead atoms. The van der Waals surface area contributed by atoms with Gasteiger partial charge in [-0.05, 0) is 24.3 Å². The maximum atomic E-state index is 4.33. The van der Waals surface area contributed by atoms with Crippen LogP contribution in [0.2, 0.25) is 0 Å². The van der Waals surface area contributed by atoms with Gasteiger partial charge in [-0.2, -0.15) is 10.2 Å². The summed E-state index contributed by atoms with van der Waals surface area (Å²) in [6.07, 6.45) is 3.48. The molecule has 18 heavy (non-hydrogen) atoms. The molecule has 0 amide bonds. The monoisotopic (exact) mass is 236 g/mol. The fourth-order valence-corrected chi connectivity index (χ4v) is 2.04. The summed E-state index contributed by atoms with van der Waals surface area (Å²) in [5, 5.41) is 14.4. The molecular formula is C12H8N6. The Bertz CT molecular complexity index is 772. The van der Waals surface area contributed by atoms with E-state index in [0.29, 0.717) is 0 Å². The van der Waals surface area contributed by atoms with Gasteiger partial charge in [0.25, 0.3) is 0 Å². The molecule has 4 aromatic rings. The van der Waals surface area contributed by atoms with Gasteiger partial charge in [-0.3, -0.25) is 20.2 Å². The third-order valence-electron chi connectivity index (χ3n) is 2.86. The zero-order chi connectivity index (χ0) is 11.9. The summed E-state index contributed by atoms with van der Waals surface area (Å²) in [6.45, 7) is 0. The van der Waals surface area contributed by atoms with E-state index >= 15 is 0 Å². The van der Waals surface area contributed by atoms with Crippen molar-refractivity contribution in [3.8, 4) is 11.4 Å². The zero-order valence-corrected chi connectivity index (χ0v) is 9.25. The Morgan fingerprint density at radius 1 is 0.722 bits per heavy atom. The number of hydrogen-bond acceptors (Lipinski definition) is 4. The number of nitrogens with one attached hydrogen (secondary N) is 2. The first kappa shape index (κ1) is 9.29. The summed E-state index contributed by atoms with van der Waals surface area (Å²) >= 11 is 0. The number of aromatic amines is 2. The molecule has 4 aromatic heterocycles. The van der Waals surface area contributed by atoms with Gasteiger partial charge in [-0.1, -0.05) is 0 Å². The lowest BCUT2D eigenvalue weighted by molar-refractivity contribution is 1.08. The van der Waals surface area contributed by atoms with E-state index in [1.807, 2.05) is 24.3 Å². The standard InChI is InChI=1S/C12H8N6/c1-3-7-9(13-5-1)11(17-15-7)12-10-8(16-18-12)4-2-6-14-10/h1-6H,(H,15,17)(H,16,18). The van der Waals surface area contributed by atoms with E-state index in [9.17, 15) is 0 Å². The molecule has 4 heterocycles. The Morgan fingerprint density at radius 2 is 1.22 bits per heavy atom. The normalized spacial score (nSPS) is 11.3. The van der Waals surface area contributed by atoms with Crippen molar-refractivity contribution in [2.45, 2.75) is 0 Å². The number of nitrogens with zero attached hydrogens (tertiary/aromatic N) is 4.